The van der Waals surface area contributed by atoms with Crippen molar-refractivity contribution in [1.29, 1.82) is 0 Å². The van der Waals surface area contributed by atoms with Gasteiger partial charge in [-0.05, 0) is 38.5 Å². The third-order valence-electron chi connectivity index (χ3n) is 3.29. The Hall–Kier alpha value is -2.23. The number of allylic oxidation sites excluding steroid dienone is 2. The topological polar surface area (TPSA) is 43.1 Å². The molecule has 20 heavy (non-hydrogen) atoms. The fourth-order valence-electron chi connectivity index (χ4n) is 1.92. The van der Waals surface area contributed by atoms with Crippen LogP contribution in [0.3, 0.4) is 0 Å². The molecular formula is C16H20N4. The van der Waals surface area contributed by atoms with E-state index in [0.717, 1.165) is 29.1 Å². The average Bonchev–Trinajstić information content (AvgIpc) is 2.94. The van der Waals surface area contributed by atoms with Crippen molar-refractivity contribution in [1.82, 2.24) is 14.8 Å². The summed E-state index contributed by atoms with van der Waals surface area (Å²) >= 11 is 0. The minimum Gasteiger partial charge on any atom is -0.288 e. The number of hydrogen-bond acceptors (Lipinski definition) is 3. The van der Waals surface area contributed by atoms with Crippen LogP contribution in [0, 0.1) is 6.92 Å². The van der Waals surface area contributed by atoms with Gasteiger partial charge in [-0.3, -0.25) is 9.98 Å². The minimum atomic E-state index is 0.956. The zero-order valence-corrected chi connectivity index (χ0v) is 12.5. The van der Waals surface area contributed by atoms with Crippen LogP contribution in [0.15, 0.2) is 47.4 Å². The molecule has 0 aliphatic carbocycles. The molecule has 0 atom stereocenters. The highest BCUT2D eigenvalue weighted by Gasteiger charge is 2.07. The zero-order chi connectivity index (χ0) is 14.5. The number of aryl methyl sites for hydroxylation is 1. The monoisotopic (exact) mass is 268 g/mol. The Morgan fingerprint density at radius 3 is 2.90 bits per heavy atom. The van der Waals surface area contributed by atoms with Crippen LogP contribution >= 0.6 is 0 Å². The molecule has 104 valence electrons. The van der Waals surface area contributed by atoms with Gasteiger partial charge < -0.3 is 0 Å². The third kappa shape index (κ3) is 3.02. The first-order valence-electron chi connectivity index (χ1n) is 6.76. The number of hydrogen-bond donors (Lipinski definition) is 0. The van der Waals surface area contributed by atoms with Crippen molar-refractivity contribution in [3.8, 4) is 5.69 Å². The van der Waals surface area contributed by atoms with Gasteiger partial charge in [0, 0.05) is 25.0 Å². The number of pyridine rings is 1. The van der Waals surface area contributed by atoms with Gasteiger partial charge in [0.2, 0.25) is 0 Å². The minimum absolute atomic E-state index is 0.956. The first kappa shape index (κ1) is 14.2. The van der Waals surface area contributed by atoms with E-state index in [2.05, 4.69) is 35.0 Å². The Kier molecular flexibility index (Phi) is 4.45. The number of rotatable bonds is 4. The molecule has 0 unspecified atom stereocenters. The lowest BCUT2D eigenvalue weighted by Crippen LogP contribution is -1.99. The first-order valence-corrected chi connectivity index (χ1v) is 6.76. The Labute approximate surface area is 119 Å². The summed E-state index contributed by atoms with van der Waals surface area (Å²) in [5.74, 6) is 0. The molecule has 0 aromatic carbocycles. The van der Waals surface area contributed by atoms with Gasteiger partial charge in [0.1, 0.15) is 0 Å². The normalized spacial score (nSPS) is 12.8. The fraction of sp³-hybridized carbons (Fsp3) is 0.312. The summed E-state index contributed by atoms with van der Waals surface area (Å²) in [5, 5.41) is 4.42. The van der Waals surface area contributed by atoms with Crippen LogP contribution in [-0.2, 0) is 0 Å². The molecule has 0 fully saturated rings. The molecule has 0 bridgehead atoms. The molecule has 0 saturated carbocycles. The van der Waals surface area contributed by atoms with E-state index in [1.807, 2.05) is 36.1 Å². The Morgan fingerprint density at radius 2 is 2.25 bits per heavy atom. The highest BCUT2D eigenvalue weighted by atomic mass is 15.3. The van der Waals surface area contributed by atoms with Crippen LogP contribution in [-0.4, -0.2) is 27.5 Å². The summed E-state index contributed by atoms with van der Waals surface area (Å²) in [6.45, 7) is 6.23. The van der Waals surface area contributed by atoms with E-state index >= 15 is 0 Å². The Morgan fingerprint density at radius 1 is 1.45 bits per heavy atom. The zero-order valence-electron chi connectivity index (χ0n) is 12.5. The predicted molar refractivity (Wildman–Crippen MR) is 82.6 cm³/mol. The van der Waals surface area contributed by atoms with E-state index in [0.29, 0.717) is 0 Å². The smallest absolute Gasteiger partial charge is 0.0858 e. The summed E-state index contributed by atoms with van der Waals surface area (Å²) in [5.41, 5.74) is 5.22. The van der Waals surface area contributed by atoms with Crippen LogP contribution in [0.5, 0.6) is 0 Å². The number of nitrogens with zero attached hydrogens (tertiary/aromatic N) is 4. The van der Waals surface area contributed by atoms with Gasteiger partial charge in [-0.1, -0.05) is 12.5 Å². The van der Waals surface area contributed by atoms with Crippen molar-refractivity contribution >= 4 is 5.71 Å². The van der Waals surface area contributed by atoms with Gasteiger partial charge in [0.25, 0.3) is 0 Å². The van der Waals surface area contributed by atoms with Gasteiger partial charge in [0.15, 0.2) is 0 Å². The molecule has 0 aliphatic heterocycles. The molecule has 2 heterocycles. The standard InChI is InChI=1S/C16H20N4/c1-5-12(2)9-15(17-4)14-10-19-20(11-14)16-7-6-8-18-13(16)3/h6-11H,5H2,1-4H3/b12-9+,17-15?. The van der Waals surface area contributed by atoms with E-state index in [9.17, 15) is 0 Å². The molecule has 0 saturated heterocycles. The van der Waals surface area contributed by atoms with Crippen molar-refractivity contribution in [3.63, 3.8) is 0 Å². The van der Waals surface area contributed by atoms with E-state index < -0.39 is 0 Å². The fourth-order valence-corrected chi connectivity index (χ4v) is 1.92. The van der Waals surface area contributed by atoms with Crippen molar-refractivity contribution in [2.24, 2.45) is 4.99 Å². The Bertz CT molecular complexity index is 650. The molecule has 2 aromatic heterocycles. The van der Waals surface area contributed by atoms with E-state index in [4.69, 9.17) is 0 Å². The highest BCUT2D eigenvalue weighted by Crippen LogP contribution is 2.13. The summed E-state index contributed by atoms with van der Waals surface area (Å²) in [7, 11) is 1.81. The predicted octanol–water partition coefficient (Wildman–Crippen LogP) is 3.35. The summed E-state index contributed by atoms with van der Waals surface area (Å²) < 4.78 is 1.85. The lowest BCUT2D eigenvalue weighted by Gasteiger charge is -2.03. The largest absolute Gasteiger partial charge is 0.288 e. The lowest BCUT2D eigenvalue weighted by molar-refractivity contribution is 0.862. The van der Waals surface area contributed by atoms with Crippen LogP contribution in [0.1, 0.15) is 31.5 Å². The van der Waals surface area contributed by atoms with Gasteiger partial charge in [-0.25, -0.2) is 4.68 Å². The average molecular weight is 268 g/mol. The molecule has 0 spiro atoms. The Balaban J connectivity index is 2.36. The molecule has 2 aromatic rings. The molecule has 4 nitrogen and oxygen atoms in total. The van der Waals surface area contributed by atoms with Crippen molar-refractivity contribution < 1.29 is 0 Å². The van der Waals surface area contributed by atoms with Crippen molar-refractivity contribution in [2.75, 3.05) is 7.05 Å². The SMILES string of the molecule is CC/C(C)=C/C(=NC)c1cnn(-c2cccnc2C)c1. The van der Waals surface area contributed by atoms with Crippen LogP contribution < -0.4 is 0 Å². The van der Waals surface area contributed by atoms with Crippen LogP contribution in [0.2, 0.25) is 0 Å². The van der Waals surface area contributed by atoms with E-state index in [-0.39, 0.29) is 0 Å². The molecule has 0 N–H and O–H groups in total. The van der Waals surface area contributed by atoms with Gasteiger partial charge in [0.05, 0.1) is 23.3 Å². The number of aromatic nitrogens is 3. The van der Waals surface area contributed by atoms with Gasteiger partial charge >= 0.3 is 0 Å². The van der Waals surface area contributed by atoms with Crippen LogP contribution in [0.25, 0.3) is 5.69 Å². The van der Waals surface area contributed by atoms with E-state index in [1.165, 1.54) is 5.57 Å². The molecule has 0 aliphatic rings. The lowest BCUT2D eigenvalue weighted by atomic mass is 10.1. The molecule has 4 heteroatoms. The second-order valence-electron chi connectivity index (χ2n) is 4.73. The third-order valence-corrected chi connectivity index (χ3v) is 3.29. The molecular weight excluding hydrogens is 248 g/mol. The molecule has 0 radical (unpaired) electrons. The molecule has 0 amide bonds. The maximum Gasteiger partial charge on any atom is 0.0858 e. The maximum atomic E-state index is 4.42. The van der Waals surface area contributed by atoms with Gasteiger partial charge in [-0.15, -0.1) is 0 Å². The van der Waals surface area contributed by atoms with E-state index in [1.54, 1.807) is 13.2 Å². The second-order valence-corrected chi connectivity index (χ2v) is 4.73. The van der Waals surface area contributed by atoms with Gasteiger partial charge in [-0.2, -0.15) is 5.10 Å². The second kappa shape index (κ2) is 6.28. The summed E-state index contributed by atoms with van der Waals surface area (Å²) in [6.07, 6.45) is 8.75. The first-order chi connectivity index (χ1) is 9.65. The molecule has 2 rings (SSSR count). The quantitative estimate of drug-likeness (QED) is 0.798. The highest BCUT2D eigenvalue weighted by molar-refractivity contribution is 6.08. The van der Waals surface area contributed by atoms with Crippen LogP contribution in [0.4, 0.5) is 0 Å². The summed E-state index contributed by atoms with van der Waals surface area (Å²) in [4.78, 5) is 8.64. The summed E-state index contributed by atoms with van der Waals surface area (Å²) in [6, 6.07) is 3.93. The maximum absolute atomic E-state index is 4.42. The van der Waals surface area contributed by atoms with Crippen molar-refractivity contribution in [3.05, 3.63) is 53.6 Å². The number of aliphatic imine (C=N–C) groups is 1. The van der Waals surface area contributed by atoms with Crippen molar-refractivity contribution in [2.45, 2.75) is 27.2 Å².